The molecule has 0 atom stereocenters. The van der Waals surface area contributed by atoms with Crippen LogP contribution in [-0.2, 0) is 0 Å². The fourth-order valence-electron chi connectivity index (χ4n) is 0.981. The molecule has 1 heterocycles. The van der Waals surface area contributed by atoms with E-state index in [9.17, 15) is 4.79 Å². The van der Waals surface area contributed by atoms with Crippen LogP contribution >= 0.6 is 0 Å². The molecule has 1 aromatic heterocycles. The molecule has 2 N–H and O–H groups in total. The van der Waals surface area contributed by atoms with E-state index < -0.39 is 5.56 Å². The summed E-state index contributed by atoms with van der Waals surface area (Å²) >= 11 is 0. The highest BCUT2D eigenvalue weighted by Crippen LogP contribution is 1.90. The molecule has 14 heavy (non-hydrogen) atoms. The summed E-state index contributed by atoms with van der Waals surface area (Å²) in [6, 6.07) is 0. The maximum atomic E-state index is 10.9. The van der Waals surface area contributed by atoms with E-state index in [1.165, 1.54) is 0 Å². The van der Waals surface area contributed by atoms with Gasteiger partial charge in [-0.2, -0.15) is 5.10 Å². The van der Waals surface area contributed by atoms with Gasteiger partial charge in [0.1, 0.15) is 0 Å². The van der Waals surface area contributed by atoms with Crippen LogP contribution in [0.4, 0.5) is 0 Å². The molecule has 0 aliphatic rings. The zero-order valence-electron chi connectivity index (χ0n) is 8.08. The fraction of sp³-hybridized carbons (Fsp3) is 0.625. The average Bonchev–Trinajstić information content (AvgIpc) is 2.48. The molecular formula is C8H13N5O. The molecule has 0 spiro atoms. The first-order chi connectivity index (χ1) is 6.75. The van der Waals surface area contributed by atoms with E-state index in [1.807, 2.05) is 0 Å². The third kappa shape index (κ3) is 2.72. The number of rotatable bonds is 5. The van der Waals surface area contributed by atoms with Crippen molar-refractivity contribution in [2.75, 3.05) is 6.54 Å². The van der Waals surface area contributed by atoms with Crippen molar-refractivity contribution in [1.29, 1.82) is 5.41 Å². The number of hydrogen-bond acceptors (Lipinski definition) is 6. The van der Waals surface area contributed by atoms with E-state index in [0.29, 0.717) is 6.54 Å². The molecule has 0 fully saturated rings. The monoisotopic (exact) mass is 195 g/mol. The van der Waals surface area contributed by atoms with Crippen molar-refractivity contribution in [1.82, 2.24) is 15.6 Å². The van der Waals surface area contributed by atoms with Gasteiger partial charge in [0.2, 0.25) is 5.49 Å². The predicted octanol–water partition coefficient (Wildman–Crippen LogP) is -1.21. The molecule has 1 rings (SSSR count). The topological polar surface area (TPSA) is 91.1 Å². The number of nitrogens with zero attached hydrogens (tertiary/aromatic N) is 3. The number of hydrogen-bond donors (Lipinski definition) is 2. The Kier molecular flexibility index (Phi) is 3.90. The van der Waals surface area contributed by atoms with Crippen LogP contribution in [0.3, 0.4) is 0 Å². The average molecular weight is 195 g/mol. The SMILES string of the molecule is CCCCCNN=c1c(=N)nnc1=O. The molecule has 0 saturated carbocycles. The van der Waals surface area contributed by atoms with Gasteiger partial charge in [0.05, 0.1) is 0 Å². The molecule has 6 nitrogen and oxygen atoms in total. The summed E-state index contributed by atoms with van der Waals surface area (Å²) in [5, 5.41) is 17.5. The maximum Gasteiger partial charge on any atom is 0.319 e. The Bertz CT molecular complexity index is 387. The van der Waals surface area contributed by atoms with Crippen molar-refractivity contribution in [3.05, 3.63) is 21.2 Å². The van der Waals surface area contributed by atoms with E-state index in [4.69, 9.17) is 5.41 Å². The van der Waals surface area contributed by atoms with Gasteiger partial charge in [0.15, 0.2) is 5.36 Å². The second-order valence-corrected chi connectivity index (χ2v) is 2.93. The van der Waals surface area contributed by atoms with Gasteiger partial charge < -0.3 is 5.43 Å². The van der Waals surface area contributed by atoms with Gasteiger partial charge in [-0.15, -0.1) is 10.2 Å². The summed E-state index contributed by atoms with van der Waals surface area (Å²) in [6.07, 6.45) is 3.26. The quantitative estimate of drug-likeness (QED) is 0.455. The lowest BCUT2D eigenvalue weighted by Gasteiger charge is -1.96. The van der Waals surface area contributed by atoms with Gasteiger partial charge in [0, 0.05) is 6.54 Å². The summed E-state index contributed by atoms with van der Waals surface area (Å²) < 4.78 is 0. The molecular weight excluding hydrogens is 182 g/mol. The largest absolute Gasteiger partial charge is 0.319 e. The number of unbranched alkanes of at least 4 members (excludes halogenated alkanes) is 2. The lowest BCUT2D eigenvalue weighted by molar-refractivity contribution is 0.627. The minimum absolute atomic E-state index is 0.00139. The van der Waals surface area contributed by atoms with Gasteiger partial charge in [-0.3, -0.25) is 10.2 Å². The molecule has 6 heteroatoms. The lowest BCUT2D eigenvalue weighted by Crippen LogP contribution is -2.35. The molecule has 0 bridgehead atoms. The molecule has 0 unspecified atom stereocenters. The first-order valence-corrected chi connectivity index (χ1v) is 4.61. The third-order valence-electron chi connectivity index (χ3n) is 1.75. The smallest absolute Gasteiger partial charge is 0.309 e. The summed E-state index contributed by atoms with van der Waals surface area (Å²) in [5.74, 6) is 0. The normalized spacial score (nSPS) is 11.9. The Morgan fingerprint density at radius 2 is 2.21 bits per heavy atom. The van der Waals surface area contributed by atoms with Crippen molar-refractivity contribution >= 4 is 0 Å². The van der Waals surface area contributed by atoms with E-state index in [0.717, 1.165) is 19.3 Å². The van der Waals surface area contributed by atoms with Crippen LogP contribution in [0.1, 0.15) is 26.2 Å². The molecule has 0 radical (unpaired) electrons. The standard InChI is InChI=1S/C8H13N5O/c1-2-3-4-5-10-11-6-7(9)12-13-8(6)14/h9-10H,2-5H2,1H3. The van der Waals surface area contributed by atoms with Crippen LogP contribution < -0.4 is 21.8 Å². The molecule has 76 valence electrons. The first-order valence-electron chi connectivity index (χ1n) is 4.61. The second-order valence-electron chi connectivity index (χ2n) is 2.93. The van der Waals surface area contributed by atoms with Crippen molar-refractivity contribution < 1.29 is 0 Å². The van der Waals surface area contributed by atoms with Gasteiger partial charge in [0.25, 0.3) is 0 Å². The van der Waals surface area contributed by atoms with Crippen molar-refractivity contribution in [2.45, 2.75) is 26.2 Å². The molecule has 0 aliphatic heterocycles. The van der Waals surface area contributed by atoms with E-state index in [1.54, 1.807) is 0 Å². The van der Waals surface area contributed by atoms with Crippen LogP contribution in [0.2, 0.25) is 0 Å². The second kappa shape index (κ2) is 5.21. The van der Waals surface area contributed by atoms with Crippen LogP contribution in [0, 0.1) is 5.41 Å². The predicted molar refractivity (Wildman–Crippen MR) is 49.6 cm³/mol. The van der Waals surface area contributed by atoms with Gasteiger partial charge in [-0.1, -0.05) is 19.8 Å². The Hall–Kier alpha value is -1.59. The summed E-state index contributed by atoms with van der Waals surface area (Å²) in [6.45, 7) is 2.82. The third-order valence-corrected chi connectivity index (χ3v) is 1.75. The highest BCUT2D eigenvalue weighted by atomic mass is 16.1. The Morgan fingerprint density at radius 1 is 1.43 bits per heavy atom. The maximum absolute atomic E-state index is 10.9. The van der Waals surface area contributed by atoms with Crippen LogP contribution in [0.5, 0.6) is 0 Å². The van der Waals surface area contributed by atoms with Crippen molar-refractivity contribution in [3.8, 4) is 0 Å². The summed E-state index contributed by atoms with van der Waals surface area (Å²) in [7, 11) is 0. The zero-order valence-corrected chi connectivity index (χ0v) is 8.08. The number of aromatic nitrogens is 2. The Labute approximate surface area is 80.9 Å². The Balaban J connectivity index is 2.53. The van der Waals surface area contributed by atoms with E-state index in [-0.39, 0.29) is 10.8 Å². The highest BCUT2D eigenvalue weighted by molar-refractivity contribution is 4.76. The van der Waals surface area contributed by atoms with Crippen molar-refractivity contribution in [3.63, 3.8) is 0 Å². The van der Waals surface area contributed by atoms with Crippen LogP contribution in [0.15, 0.2) is 9.90 Å². The minimum Gasteiger partial charge on any atom is -0.309 e. The summed E-state index contributed by atoms with van der Waals surface area (Å²) in [4.78, 5) is 10.9. The van der Waals surface area contributed by atoms with E-state index >= 15 is 0 Å². The molecule has 1 aromatic rings. The van der Waals surface area contributed by atoms with Gasteiger partial charge in [-0.25, -0.2) is 0 Å². The van der Waals surface area contributed by atoms with Crippen molar-refractivity contribution in [2.24, 2.45) is 5.10 Å². The number of nitrogens with one attached hydrogen (secondary N) is 2. The molecule has 0 saturated heterocycles. The molecule has 0 aliphatic carbocycles. The van der Waals surface area contributed by atoms with Crippen LogP contribution in [-0.4, -0.2) is 16.7 Å². The summed E-state index contributed by atoms with van der Waals surface area (Å²) in [5.41, 5.74) is 2.02. The highest BCUT2D eigenvalue weighted by Gasteiger charge is 1.97. The molecule has 0 aromatic carbocycles. The van der Waals surface area contributed by atoms with Crippen LogP contribution in [0.25, 0.3) is 0 Å². The van der Waals surface area contributed by atoms with E-state index in [2.05, 4.69) is 27.6 Å². The lowest BCUT2D eigenvalue weighted by atomic mass is 10.3. The Morgan fingerprint density at radius 3 is 2.79 bits per heavy atom. The molecule has 0 amide bonds. The van der Waals surface area contributed by atoms with Gasteiger partial charge >= 0.3 is 5.56 Å². The zero-order chi connectivity index (χ0) is 10.4. The first kappa shape index (κ1) is 10.5. The van der Waals surface area contributed by atoms with Gasteiger partial charge in [-0.05, 0) is 6.42 Å². The minimum atomic E-state index is -0.544. The fourth-order valence-corrected chi connectivity index (χ4v) is 0.981.